The summed E-state index contributed by atoms with van der Waals surface area (Å²) in [6, 6.07) is 25.6. The second kappa shape index (κ2) is 9.47. The number of hydrogen-bond acceptors (Lipinski definition) is 5. The minimum absolute atomic E-state index is 0.0470. The number of pyridine rings is 1. The van der Waals surface area contributed by atoms with Crippen molar-refractivity contribution in [2.24, 2.45) is 0 Å². The number of nitrogens with one attached hydrogen (secondary N) is 2. The van der Waals surface area contributed by atoms with Crippen molar-refractivity contribution in [3.63, 3.8) is 0 Å². The van der Waals surface area contributed by atoms with Crippen molar-refractivity contribution >= 4 is 16.6 Å². The predicted octanol–water partition coefficient (Wildman–Crippen LogP) is 5.24. The lowest BCUT2D eigenvalue weighted by Gasteiger charge is -2.20. The Labute approximate surface area is 197 Å². The van der Waals surface area contributed by atoms with E-state index in [1.807, 2.05) is 73.7 Å². The number of hydrogen-bond donors (Lipinski definition) is 4. The highest BCUT2D eigenvalue weighted by Gasteiger charge is 2.17. The number of aromatic nitrogens is 3. The van der Waals surface area contributed by atoms with Crippen molar-refractivity contribution < 1.29 is 10.2 Å². The molecule has 170 valence electrons. The summed E-state index contributed by atoms with van der Waals surface area (Å²) in [5.74, 6) is 0. The Hall–Kier alpha value is -4.00. The molecule has 0 saturated heterocycles. The number of nitrogens with zero attached hydrogens (tertiary/aromatic N) is 2. The molecule has 1 atom stereocenters. The van der Waals surface area contributed by atoms with Crippen molar-refractivity contribution in [2.45, 2.75) is 19.6 Å². The van der Waals surface area contributed by atoms with Gasteiger partial charge in [0.1, 0.15) is 0 Å². The van der Waals surface area contributed by atoms with E-state index in [4.69, 9.17) is 4.98 Å². The van der Waals surface area contributed by atoms with Crippen molar-refractivity contribution in [1.82, 2.24) is 15.2 Å². The molecule has 5 aromatic rings. The van der Waals surface area contributed by atoms with Gasteiger partial charge in [-0.2, -0.15) is 5.10 Å². The van der Waals surface area contributed by atoms with Crippen LogP contribution in [0.1, 0.15) is 22.9 Å². The Kier molecular flexibility index (Phi) is 6.08. The second-order valence-corrected chi connectivity index (χ2v) is 8.29. The maximum atomic E-state index is 10.0. The molecule has 2 aromatic heterocycles. The lowest BCUT2D eigenvalue weighted by atomic mass is 9.95. The van der Waals surface area contributed by atoms with Crippen LogP contribution in [-0.2, 0) is 6.61 Å². The number of aliphatic hydroxyl groups is 2. The zero-order chi connectivity index (χ0) is 23.5. The van der Waals surface area contributed by atoms with E-state index in [9.17, 15) is 10.2 Å². The Bertz CT molecular complexity index is 1430. The van der Waals surface area contributed by atoms with Gasteiger partial charge in [-0.15, -0.1) is 0 Å². The van der Waals surface area contributed by atoms with Crippen LogP contribution in [0.15, 0.2) is 85.1 Å². The van der Waals surface area contributed by atoms with Crippen molar-refractivity contribution in [2.75, 3.05) is 11.9 Å². The van der Waals surface area contributed by atoms with Gasteiger partial charge in [0, 0.05) is 16.5 Å². The Morgan fingerprint density at radius 2 is 1.71 bits per heavy atom. The number of aliphatic hydroxyl groups excluding tert-OH is 2. The largest absolute Gasteiger partial charge is 0.394 e. The lowest BCUT2D eigenvalue weighted by Crippen LogP contribution is -2.15. The average Bonchev–Trinajstić information content (AvgIpc) is 3.27. The maximum absolute atomic E-state index is 10.0. The van der Waals surface area contributed by atoms with Gasteiger partial charge in [0.05, 0.1) is 48.0 Å². The van der Waals surface area contributed by atoms with Crippen LogP contribution in [0.25, 0.3) is 33.3 Å². The summed E-state index contributed by atoms with van der Waals surface area (Å²) in [5.41, 5.74) is 8.12. The molecule has 4 N–H and O–H groups in total. The first-order chi connectivity index (χ1) is 16.7. The van der Waals surface area contributed by atoms with Crippen LogP contribution in [-0.4, -0.2) is 32.0 Å². The molecule has 6 nitrogen and oxygen atoms in total. The van der Waals surface area contributed by atoms with E-state index in [-0.39, 0.29) is 19.3 Å². The molecular weight excluding hydrogens is 424 g/mol. The van der Waals surface area contributed by atoms with Crippen LogP contribution in [0.3, 0.4) is 0 Å². The molecule has 0 aliphatic carbocycles. The van der Waals surface area contributed by atoms with E-state index < -0.39 is 0 Å². The molecule has 0 fully saturated rings. The number of anilines is 1. The van der Waals surface area contributed by atoms with Gasteiger partial charge in [-0.3, -0.25) is 10.1 Å². The number of aromatic amines is 1. The molecule has 2 heterocycles. The SMILES string of the molecule is Cc1n[nH]c2ccc(-c3cc(NC(CO)c4ccccc4)cnc3-c3ccccc3CO)cc12. The molecule has 1 unspecified atom stereocenters. The minimum Gasteiger partial charge on any atom is -0.394 e. The minimum atomic E-state index is -0.259. The molecule has 0 radical (unpaired) electrons. The first-order valence-corrected chi connectivity index (χ1v) is 11.2. The summed E-state index contributed by atoms with van der Waals surface area (Å²) >= 11 is 0. The van der Waals surface area contributed by atoms with Crippen molar-refractivity contribution in [3.8, 4) is 22.4 Å². The molecule has 0 spiro atoms. The third-order valence-electron chi connectivity index (χ3n) is 6.12. The van der Waals surface area contributed by atoms with E-state index in [1.165, 1.54) is 0 Å². The van der Waals surface area contributed by atoms with Gasteiger partial charge in [-0.1, -0.05) is 60.7 Å². The number of fused-ring (bicyclic) bond motifs is 1. The first kappa shape index (κ1) is 21.8. The second-order valence-electron chi connectivity index (χ2n) is 8.29. The molecule has 0 bridgehead atoms. The summed E-state index contributed by atoms with van der Waals surface area (Å²) in [5, 5.41) is 31.8. The van der Waals surface area contributed by atoms with Gasteiger partial charge in [0.25, 0.3) is 0 Å². The normalized spacial score (nSPS) is 12.1. The molecular formula is C28H26N4O2. The van der Waals surface area contributed by atoms with Crippen LogP contribution in [0.4, 0.5) is 5.69 Å². The lowest BCUT2D eigenvalue weighted by molar-refractivity contribution is 0.276. The van der Waals surface area contributed by atoms with Gasteiger partial charge in [-0.05, 0) is 41.8 Å². The maximum Gasteiger partial charge on any atom is 0.0785 e. The number of aryl methyl sites for hydroxylation is 1. The standard InChI is InChI=1S/C28H26N4O2/c1-18-24-13-20(11-12-26(24)32-31-18)25-14-22(30-27(17-34)19-7-3-2-4-8-19)15-29-28(25)23-10-6-5-9-21(23)16-33/h2-15,27,30,33-34H,16-17H2,1H3,(H,31,32). The summed E-state index contributed by atoms with van der Waals surface area (Å²) in [6.45, 7) is 1.86. The third-order valence-corrected chi connectivity index (χ3v) is 6.12. The number of rotatable bonds is 7. The van der Waals surface area contributed by atoms with Crippen LogP contribution >= 0.6 is 0 Å². The Morgan fingerprint density at radius 3 is 2.50 bits per heavy atom. The van der Waals surface area contributed by atoms with E-state index in [2.05, 4.69) is 27.6 Å². The highest BCUT2D eigenvalue weighted by molar-refractivity contribution is 5.91. The zero-order valence-electron chi connectivity index (χ0n) is 18.9. The van der Waals surface area contributed by atoms with Crippen LogP contribution in [0, 0.1) is 6.92 Å². The highest BCUT2D eigenvalue weighted by Crippen LogP contribution is 2.36. The fourth-order valence-electron chi connectivity index (χ4n) is 4.30. The van der Waals surface area contributed by atoms with Crippen LogP contribution in [0.2, 0.25) is 0 Å². The monoisotopic (exact) mass is 450 g/mol. The molecule has 0 saturated carbocycles. The number of H-pyrrole nitrogens is 1. The highest BCUT2D eigenvalue weighted by atomic mass is 16.3. The summed E-state index contributed by atoms with van der Waals surface area (Å²) in [6.07, 6.45) is 1.78. The summed E-state index contributed by atoms with van der Waals surface area (Å²) in [7, 11) is 0. The molecule has 34 heavy (non-hydrogen) atoms. The zero-order valence-corrected chi connectivity index (χ0v) is 18.9. The van der Waals surface area contributed by atoms with Gasteiger partial charge >= 0.3 is 0 Å². The topological polar surface area (TPSA) is 94.1 Å². The molecule has 0 amide bonds. The third kappa shape index (κ3) is 4.17. The predicted molar refractivity (Wildman–Crippen MR) is 135 cm³/mol. The molecule has 0 aliphatic heterocycles. The van der Waals surface area contributed by atoms with Crippen molar-refractivity contribution in [3.05, 3.63) is 102 Å². The first-order valence-electron chi connectivity index (χ1n) is 11.2. The van der Waals surface area contributed by atoms with Crippen molar-refractivity contribution in [1.29, 1.82) is 0 Å². The Morgan fingerprint density at radius 1 is 0.912 bits per heavy atom. The van der Waals surface area contributed by atoms with E-state index in [0.29, 0.717) is 0 Å². The van der Waals surface area contributed by atoms with Gasteiger partial charge in [0.2, 0.25) is 0 Å². The quantitative estimate of drug-likeness (QED) is 0.272. The molecule has 6 heteroatoms. The van der Waals surface area contributed by atoms with Crippen LogP contribution < -0.4 is 5.32 Å². The Balaban J connectivity index is 1.64. The van der Waals surface area contributed by atoms with Gasteiger partial charge in [-0.25, -0.2) is 0 Å². The van der Waals surface area contributed by atoms with Gasteiger partial charge < -0.3 is 15.5 Å². The molecule has 5 rings (SSSR count). The van der Waals surface area contributed by atoms with Gasteiger partial charge in [0.15, 0.2) is 0 Å². The fourth-order valence-corrected chi connectivity index (χ4v) is 4.30. The summed E-state index contributed by atoms with van der Waals surface area (Å²) < 4.78 is 0. The van der Waals surface area contributed by atoms with E-state index in [0.717, 1.165) is 55.8 Å². The number of benzene rings is 3. The fraction of sp³-hybridized carbons (Fsp3) is 0.143. The molecule has 3 aromatic carbocycles. The average molecular weight is 451 g/mol. The smallest absolute Gasteiger partial charge is 0.0785 e. The molecule has 0 aliphatic rings. The summed E-state index contributed by atoms with van der Waals surface area (Å²) in [4.78, 5) is 4.83. The van der Waals surface area contributed by atoms with E-state index >= 15 is 0 Å². The van der Waals surface area contributed by atoms with E-state index in [1.54, 1.807) is 6.20 Å². The van der Waals surface area contributed by atoms with Crippen LogP contribution in [0.5, 0.6) is 0 Å².